The molecule has 0 aliphatic carbocycles. The smallest absolute Gasteiger partial charge is 0.226 e. The number of aromatic amines is 1. The molecule has 2 N–H and O–H groups in total. The molecule has 0 radical (unpaired) electrons. The molecule has 0 aliphatic rings. The molecule has 0 spiro atoms. The van der Waals surface area contributed by atoms with Crippen LogP contribution in [0.25, 0.3) is 11.2 Å². The van der Waals surface area contributed by atoms with E-state index in [1.807, 2.05) is 37.1 Å². The maximum Gasteiger partial charge on any atom is 0.226 e. The summed E-state index contributed by atoms with van der Waals surface area (Å²) < 4.78 is 0. The van der Waals surface area contributed by atoms with Crippen LogP contribution >= 0.6 is 0 Å². The molecule has 0 fully saturated rings. The molecule has 0 aromatic carbocycles. The zero-order valence-electron chi connectivity index (χ0n) is 12.0. The number of aromatic nitrogens is 5. The standard InChI is InChI=1S/C14H17N7/c1-3-15-14-19-12-11(17-9-18-12)13(20-14)21(2)8-10-6-4-5-7-16-10/h4-7,9H,3,8H2,1-2H3,(H2,15,17,18,19,20). The molecule has 0 unspecified atom stereocenters. The van der Waals surface area contributed by atoms with Gasteiger partial charge >= 0.3 is 0 Å². The second-order valence-electron chi connectivity index (χ2n) is 4.68. The molecular weight excluding hydrogens is 266 g/mol. The van der Waals surface area contributed by atoms with Gasteiger partial charge in [0.1, 0.15) is 5.52 Å². The normalized spacial score (nSPS) is 10.8. The van der Waals surface area contributed by atoms with E-state index in [0.717, 1.165) is 23.6 Å². The lowest BCUT2D eigenvalue weighted by Crippen LogP contribution is -2.20. The number of fused-ring (bicyclic) bond motifs is 1. The van der Waals surface area contributed by atoms with Crippen LogP contribution in [0.5, 0.6) is 0 Å². The average Bonchev–Trinajstić information content (AvgIpc) is 2.96. The fourth-order valence-corrected chi connectivity index (χ4v) is 2.14. The Labute approximate surface area is 122 Å². The van der Waals surface area contributed by atoms with Gasteiger partial charge in [0.25, 0.3) is 0 Å². The lowest BCUT2D eigenvalue weighted by molar-refractivity contribution is 0.866. The number of imidazole rings is 1. The number of nitrogens with zero attached hydrogens (tertiary/aromatic N) is 5. The summed E-state index contributed by atoms with van der Waals surface area (Å²) >= 11 is 0. The fraction of sp³-hybridized carbons (Fsp3) is 0.286. The van der Waals surface area contributed by atoms with Crippen molar-refractivity contribution in [2.45, 2.75) is 13.5 Å². The predicted molar refractivity (Wildman–Crippen MR) is 82.2 cm³/mol. The molecule has 3 aromatic rings. The van der Waals surface area contributed by atoms with Gasteiger partial charge in [-0.05, 0) is 19.1 Å². The number of rotatable bonds is 5. The third-order valence-corrected chi connectivity index (χ3v) is 3.09. The van der Waals surface area contributed by atoms with Gasteiger partial charge in [0.05, 0.1) is 18.6 Å². The Hall–Kier alpha value is -2.70. The summed E-state index contributed by atoms with van der Waals surface area (Å²) in [7, 11) is 1.98. The summed E-state index contributed by atoms with van der Waals surface area (Å²) in [5.74, 6) is 1.39. The van der Waals surface area contributed by atoms with Crippen LogP contribution in [0.2, 0.25) is 0 Å². The number of hydrogen-bond donors (Lipinski definition) is 2. The minimum Gasteiger partial charge on any atom is -0.354 e. The minimum absolute atomic E-state index is 0.583. The number of hydrogen-bond acceptors (Lipinski definition) is 6. The van der Waals surface area contributed by atoms with Crippen LogP contribution in [0.3, 0.4) is 0 Å². The van der Waals surface area contributed by atoms with Crippen LogP contribution in [-0.4, -0.2) is 38.5 Å². The lowest BCUT2D eigenvalue weighted by Gasteiger charge is -2.18. The van der Waals surface area contributed by atoms with E-state index in [-0.39, 0.29) is 0 Å². The molecule has 7 nitrogen and oxygen atoms in total. The summed E-state index contributed by atoms with van der Waals surface area (Å²) in [5, 5.41) is 3.13. The van der Waals surface area contributed by atoms with Gasteiger partial charge < -0.3 is 15.2 Å². The molecule has 3 heterocycles. The molecule has 7 heteroatoms. The van der Waals surface area contributed by atoms with E-state index in [9.17, 15) is 0 Å². The van der Waals surface area contributed by atoms with Gasteiger partial charge in [-0.15, -0.1) is 0 Å². The molecule has 3 rings (SSSR count). The minimum atomic E-state index is 0.583. The molecule has 0 saturated carbocycles. The molecular formula is C14H17N7. The topological polar surface area (TPSA) is 82.6 Å². The molecule has 0 aliphatic heterocycles. The van der Waals surface area contributed by atoms with Gasteiger partial charge in [0.2, 0.25) is 5.95 Å². The highest BCUT2D eigenvalue weighted by molar-refractivity contribution is 5.84. The van der Waals surface area contributed by atoms with Crippen molar-refractivity contribution in [1.29, 1.82) is 0 Å². The Balaban J connectivity index is 1.96. The van der Waals surface area contributed by atoms with Gasteiger partial charge in [-0.3, -0.25) is 4.98 Å². The van der Waals surface area contributed by atoms with Crippen molar-refractivity contribution < 1.29 is 0 Å². The quantitative estimate of drug-likeness (QED) is 0.743. The maximum absolute atomic E-state index is 4.56. The van der Waals surface area contributed by atoms with Crippen LogP contribution < -0.4 is 10.2 Å². The second-order valence-corrected chi connectivity index (χ2v) is 4.68. The van der Waals surface area contributed by atoms with Gasteiger partial charge in [0.15, 0.2) is 11.5 Å². The third kappa shape index (κ3) is 2.76. The Morgan fingerprint density at radius 2 is 2.14 bits per heavy atom. The largest absolute Gasteiger partial charge is 0.354 e. The molecule has 0 saturated heterocycles. The fourth-order valence-electron chi connectivity index (χ4n) is 2.14. The van der Waals surface area contributed by atoms with E-state index >= 15 is 0 Å². The summed E-state index contributed by atoms with van der Waals surface area (Å²) in [6.45, 7) is 3.44. The highest BCUT2D eigenvalue weighted by atomic mass is 15.2. The van der Waals surface area contributed by atoms with E-state index in [1.165, 1.54) is 0 Å². The second kappa shape index (κ2) is 5.74. The zero-order chi connectivity index (χ0) is 14.7. The summed E-state index contributed by atoms with van der Waals surface area (Å²) in [4.78, 5) is 22.6. The highest BCUT2D eigenvalue weighted by Crippen LogP contribution is 2.22. The van der Waals surface area contributed by atoms with E-state index < -0.39 is 0 Å². The Morgan fingerprint density at radius 1 is 1.24 bits per heavy atom. The first-order valence-electron chi connectivity index (χ1n) is 6.84. The van der Waals surface area contributed by atoms with Crippen molar-refractivity contribution in [3.8, 4) is 0 Å². The molecule has 0 atom stereocenters. The SMILES string of the molecule is CCNc1nc(N(C)Cc2ccccn2)c2[nH]cnc2n1. The van der Waals surface area contributed by atoms with Crippen LogP contribution in [0, 0.1) is 0 Å². The molecule has 21 heavy (non-hydrogen) atoms. The monoisotopic (exact) mass is 283 g/mol. The van der Waals surface area contributed by atoms with Gasteiger partial charge in [-0.2, -0.15) is 9.97 Å². The Kier molecular flexibility index (Phi) is 3.63. The number of nitrogens with one attached hydrogen (secondary N) is 2. The van der Waals surface area contributed by atoms with Crippen LogP contribution in [0.15, 0.2) is 30.7 Å². The van der Waals surface area contributed by atoms with Crippen molar-refractivity contribution in [3.63, 3.8) is 0 Å². The molecule has 108 valence electrons. The van der Waals surface area contributed by atoms with Crippen molar-refractivity contribution in [2.75, 3.05) is 23.8 Å². The lowest BCUT2D eigenvalue weighted by atomic mass is 10.3. The molecule has 0 amide bonds. The maximum atomic E-state index is 4.56. The van der Waals surface area contributed by atoms with Crippen LogP contribution in [-0.2, 0) is 6.54 Å². The van der Waals surface area contributed by atoms with Crippen molar-refractivity contribution in [2.24, 2.45) is 0 Å². The summed E-state index contributed by atoms with van der Waals surface area (Å²) in [5.41, 5.74) is 2.47. The van der Waals surface area contributed by atoms with Crippen molar-refractivity contribution in [1.82, 2.24) is 24.9 Å². The van der Waals surface area contributed by atoms with Gasteiger partial charge in [0, 0.05) is 19.8 Å². The number of anilines is 2. The van der Waals surface area contributed by atoms with Crippen LogP contribution in [0.1, 0.15) is 12.6 Å². The molecule has 3 aromatic heterocycles. The van der Waals surface area contributed by atoms with E-state index in [1.54, 1.807) is 12.5 Å². The first-order valence-corrected chi connectivity index (χ1v) is 6.84. The zero-order valence-corrected chi connectivity index (χ0v) is 12.0. The highest BCUT2D eigenvalue weighted by Gasteiger charge is 2.14. The van der Waals surface area contributed by atoms with Crippen molar-refractivity contribution >= 4 is 22.9 Å². The van der Waals surface area contributed by atoms with E-state index in [4.69, 9.17) is 0 Å². The van der Waals surface area contributed by atoms with Gasteiger partial charge in [-0.25, -0.2) is 4.98 Å². The molecule has 0 bridgehead atoms. The predicted octanol–water partition coefficient (Wildman–Crippen LogP) is 1.82. The van der Waals surface area contributed by atoms with Crippen molar-refractivity contribution in [3.05, 3.63) is 36.4 Å². The van der Waals surface area contributed by atoms with E-state index in [2.05, 4.69) is 30.2 Å². The van der Waals surface area contributed by atoms with Gasteiger partial charge in [-0.1, -0.05) is 6.07 Å². The number of H-pyrrole nitrogens is 1. The van der Waals surface area contributed by atoms with Crippen LogP contribution in [0.4, 0.5) is 11.8 Å². The number of pyridine rings is 1. The summed E-state index contributed by atoms with van der Waals surface area (Å²) in [6.07, 6.45) is 3.42. The van der Waals surface area contributed by atoms with E-state index in [0.29, 0.717) is 18.1 Å². The Morgan fingerprint density at radius 3 is 2.90 bits per heavy atom. The average molecular weight is 283 g/mol. The third-order valence-electron chi connectivity index (χ3n) is 3.09. The Bertz CT molecular complexity index is 723. The first-order chi connectivity index (χ1) is 10.3. The first kappa shape index (κ1) is 13.3. The summed E-state index contributed by atoms with van der Waals surface area (Å²) in [6, 6.07) is 5.88.